The van der Waals surface area contributed by atoms with Crippen LogP contribution in [0.2, 0.25) is 0 Å². The summed E-state index contributed by atoms with van der Waals surface area (Å²) in [5.41, 5.74) is 6.98. The number of aliphatic hydroxyl groups is 1. The van der Waals surface area contributed by atoms with Crippen molar-refractivity contribution in [2.75, 3.05) is 18.9 Å². The molecule has 0 unspecified atom stereocenters. The van der Waals surface area contributed by atoms with Crippen molar-refractivity contribution in [3.63, 3.8) is 0 Å². The number of aromatic nitrogens is 1. The van der Waals surface area contributed by atoms with Crippen LogP contribution < -0.4 is 11.1 Å². The summed E-state index contributed by atoms with van der Waals surface area (Å²) < 4.78 is 0.900. The Labute approximate surface area is 102 Å². The highest BCUT2D eigenvalue weighted by molar-refractivity contribution is 7.22. The maximum atomic E-state index is 11.7. The highest BCUT2D eigenvalue weighted by atomic mass is 32.1. The summed E-state index contributed by atoms with van der Waals surface area (Å²) in [6, 6.07) is 5.27. The van der Waals surface area contributed by atoms with E-state index in [4.69, 9.17) is 10.8 Å². The van der Waals surface area contributed by atoms with Crippen molar-refractivity contribution >= 4 is 32.6 Å². The molecule has 1 aromatic heterocycles. The number of nitrogens with one attached hydrogen (secondary N) is 1. The van der Waals surface area contributed by atoms with E-state index in [-0.39, 0.29) is 12.5 Å². The molecule has 1 aromatic carbocycles. The van der Waals surface area contributed by atoms with Gasteiger partial charge in [-0.25, -0.2) is 4.98 Å². The minimum absolute atomic E-state index is 0.0741. The molecule has 6 heteroatoms. The summed E-state index contributed by atoms with van der Waals surface area (Å²) >= 11 is 1.36. The van der Waals surface area contributed by atoms with Crippen LogP contribution in [0, 0.1) is 0 Å². The predicted molar refractivity (Wildman–Crippen MR) is 68.1 cm³/mol. The number of carbonyl (C=O) groups is 1. The second kappa shape index (κ2) is 5.11. The van der Waals surface area contributed by atoms with Crippen LogP contribution in [0.15, 0.2) is 18.2 Å². The summed E-state index contributed by atoms with van der Waals surface area (Å²) in [5.74, 6) is -0.146. The zero-order valence-corrected chi connectivity index (χ0v) is 9.96. The third-order valence-corrected chi connectivity index (χ3v) is 3.13. The largest absolute Gasteiger partial charge is 0.396 e. The molecule has 0 aliphatic heterocycles. The standard InChI is InChI=1S/C11H13N3O2S/c12-11-14-8-3-2-7(6-9(8)17-11)10(16)13-4-1-5-15/h2-3,6,15H,1,4-5H2,(H2,12,14)(H,13,16). The van der Waals surface area contributed by atoms with Crippen LogP contribution >= 0.6 is 11.3 Å². The molecule has 1 heterocycles. The molecule has 0 saturated heterocycles. The Morgan fingerprint density at radius 1 is 1.53 bits per heavy atom. The van der Waals surface area contributed by atoms with Crippen LogP contribution in [-0.4, -0.2) is 29.1 Å². The molecule has 0 atom stereocenters. The number of anilines is 1. The zero-order chi connectivity index (χ0) is 12.3. The van der Waals surface area contributed by atoms with Crippen LogP contribution in [0.5, 0.6) is 0 Å². The van der Waals surface area contributed by atoms with E-state index in [0.717, 1.165) is 10.2 Å². The van der Waals surface area contributed by atoms with Gasteiger partial charge in [0.2, 0.25) is 0 Å². The van der Waals surface area contributed by atoms with E-state index in [1.807, 2.05) is 0 Å². The van der Waals surface area contributed by atoms with Gasteiger partial charge in [0.05, 0.1) is 10.2 Å². The Bertz CT molecular complexity index is 538. The van der Waals surface area contributed by atoms with Crippen molar-refractivity contribution in [1.82, 2.24) is 10.3 Å². The van der Waals surface area contributed by atoms with Crippen molar-refractivity contribution in [3.8, 4) is 0 Å². The van der Waals surface area contributed by atoms with Crippen molar-refractivity contribution in [1.29, 1.82) is 0 Å². The zero-order valence-electron chi connectivity index (χ0n) is 9.14. The molecule has 2 rings (SSSR count). The molecule has 2 aromatic rings. The fourth-order valence-electron chi connectivity index (χ4n) is 1.47. The molecule has 17 heavy (non-hydrogen) atoms. The summed E-state index contributed by atoms with van der Waals surface area (Å²) in [7, 11) is 0. The van der Waals surface area contributed by atoms with Gasteiger partial charge in [0, 0.05) is 18.7 Å². The molecule has 4 N–H and O–H groups in total. The summed E-state index contributed by atoms with van der Waals surface area (Å²) in [6.45, 7) is 0.545. The Kier molecular flexibility index (Phi) is 3.55. The lowest BCUT2D eigenvalue weighted by Crippen LogP contribution is -2.24. The third kappa shape index (κ3) is 2.72. The number of aliphatic hydroxyl groups excluding tert-OH is 1. The van der Waals surface area contributed by atoms with Gasteiger partial charge in [0.15, 0.2) is 5.13 Å². The quantitative estimate of drug-likeness (QED) is 0.707. The van der Waals surface area contributed by atoms with Gasteiger partial charge in [-0.1, -0.05) is 11.3 Å². The second-order valence-electron chi connectivity index (χ2n) is 3.57. The SMILES string of the molecule is Nc1nc2ccc(C(=O)NCCCO)cc2s1. The predicted octanol–water partition coefficient (Wildman–Crippen LogP) is 0.991. The summed E-state index contributed by atoms with van der Waals surface area (Å²) in [4.78, 5) is 15.9. The smallest absolute Gasteiger partial charge is 0.251 e. The maximum Gasteiger partial charge on any atom is 0.251 e. The van der Waals surface area contributed by atoms with Crippen molar-refractivity contribution in [3.05, 3.63) is 23.8 Å². The monoisotopic (exact) mass is 251 g/mol. The van der Waals surface area contributed by atoms with Crippen LogP contribution in [0.25, 0.3) is 10.2 Å². The number of nitrogens with zero attached hydrogens (tertiary/aromatic N) is 1. The van der Waals surface area contributed by atoms with Gasteiger partial charge in [-0.2, -0.15) is 0 Å². The molecular formula is C11H13N3O2S. The van der Waals surface area contributed by atoms with E-state index in [2.05, 4.69) is 10.3 Å². The first-order chi connectivity index (χ1) is 8.20. The summed E-state index contributed by atoms with van der Waals surface area (Å²) in [6.07, 6.45) is 0.557. The Morgan fingerprint density at radius 2 is 2.35 bits per heavy atom. The lowest BCUT2D eigenvalue weighted by molar-refractivity contribution is 0.0951. The van der Waals surface area contributed by atoms with E-state index < -0.39 is 0 Å². The molecular weight excluding hydrogens is 238 g/mol. The van der Waals surface area contributed by atoms with Gasteiger partial charge in [0.1, 0.15) is 0 Å². The van der Waals surface area contributed by atoms with Crippen LogP contribution in [0.3, 0.4) is 0 Å². The Hall–Kier alpha value is -1.66. The molecule has 0 bridgehead atoms. The number of hydrogen-bond donors (Lipinski definition) is 3. The van der Waals surface area contributed by atoms with E-state index in [9.17, 15) is 4.79 Å². The first-order valence-corrected chi connectivity index (χ1v) is 6.07. The number of nitrogens with two attached hydrogens (primary N) is 1. The van der Waals surface area contributed by atoms with E-state index in [0.29, 0.717) is 23.7 Å². The number of rotatable bonds is 4. The topological polar surface area (TPSA) is 88.2 Å². The first kappa shape index (κ1) is 11.8. The lowest BCUT2D eigenvalue weighted by Gasteiger charge is -2.03. The van der Waals surface area contributed by atoms with Crippen molar-refractivity contribution in [2.24, 2.45) is 0 Å². The van der Waals surface area contributed by atoms with Gasteiger partial charge < -0.3 is 16.2 Å². The average molecular weight is 251 g/mol. The van der Waals surface area contributed by atoms with Gasteiger partial charge >= 0.3 is 0 Å². The number of carbonyl (C=O) groups excluding carboxylic acids is 1. The molecule has 1 amide bonds. The van der Waals surface area contributed by atoms with Gasteiger partial charge in [-0.15, -0.1) is 0 Å². The molecule has 0 aliphatic rings. The van der Waals surface area contributed by atoms with Crippen LogP contribution in [-0.2, 0) is 0 Å². The van der Waals surface area contributed by atoms with Crippen molar-refractivity contribution < 1.29 is 9.90 Å². The van der Waals surface area contributed by atoms with E-state index in [1.54, 1.807) is 18.2 Å². The average Bonchev–Trinajstić information content (AvgIpc) is 2.68. The lowest BCUT2D eigenvalue weighted by atomic mass is 10.2. The van der Waals surface area contributed by atoms with E-state index >= 15 is 0 Å². The first-order valence-electron chi connectivity index (χ1n) is 5.26. The minimum atomic E-state index is -0.146. The molecule has 0 spiro atoms. The minimum Gasteiger partial charge on any atom is -0.396 e. The van der Waals surface area contributed by atoms with Gasteiger partial charge in [-0.3, -0.25) is 4.79 Å². The van der Waals surface area contributed by atoms with Crippen molar-refractivity contribution in [2.45, 2.75) is 6.42 Å². The highest BCUT2D eigenvalue weighted by Crippen LogP contribution is 2.24. The fourth-order valence-corrected chi connectivity index (χ4v) is 2.24. The normalized spacial score (nSPS) is 10.6. The number of hydrogen-bond acceptors (Lipinski definition) is 5. The second-order valence-corrected chi connectivity index (χ2v) is 4.63. The summed E-state index contributed by atoms with van der Waals surface area (Å²) in [5, 5.41) is 11.8. The molecule has 5 nitrogen and oxygen atoms in total. The van der Waals surface area contributed by atoms with E-state index in [1.165, 1.54) is 11.3 Å². The maximum absolute atomic E-state index is 11.7. The number of amides is 1. The molecule has 0 aliphatic carbocycles. The number of nitrogen functional groups attached to an aromatic ring is 1. The number of thiazole rings is 1. The number of fused-ring (bicyclic) bond motifs is 1. The van der Waals surface area contributed by atoms with Gasteiger partial charge in [-0.05, 0) is 24.6 Å². The Morgan fingerprint density at radius 3 is 3.12 bits per heavy atom. The fraction of sp³-hybridized carbons (Fsp3) is 0.273. The number of benzene rings is 1. The molecule has 0 radical (unpaired) electrons. The van der Waals surface area contributed by atoms with Gasteiger partial charge in [0.25, 0.3) is 5.91 Å². The Balaban J connectivity index is 2.15. The van der Waals surface area contributed by atoms with Crippen LogP contribution in [0.1, 0.15) is 16.8 Å². The molecule has 90 valence electrons. The highest BCUT2D eigenvalue weighted by Gasteiger charge is 2.07. The third-order valence-electron chi connectivity index (χ3n) is 2.29. The molecule has 0 fully saturated rings. The van der Waals surface area contributed by atoms with Crippen LogP contribution in [0.4, 0.5) is 5.13 Å². The molecule has 0 saturated carbocycles.